The second-order valence-electron chi connectivity index (χ2n) is 26.6. The Morgan fingerprint density at radius 2 is 1.54 bits per heavy atom. The Morgan fingerprint density at radius 3 is 2.17 bits per heavy atom. The summed E-state index contributed by atoms with van der Waals surface area (Å²) in [5.74, 6) is -6.76. The Bertz CT molecular complexity index is 3560. The first-order valence-corrected chi connectivity index (χ1v) is 31.8. The molecule has 89 heavy (non-hydrogen) atoms. The van der Waals surface area contributed by atoms with Gasteiger partial charge in [-0.3, -0.25) is 57.6 Å². The Hall–Kier alpha value is -7.00. The molecule has 27 nitrogen and oxygen atoms in total. The van der Waals surface area contributed by atoms with Crippen molar-refractivity contribution in [1.29, 1.82) is 0 Å². The van der Waals surface area contributed by atoms with Crippen LogP contribution in [0.3, 0.4) is 0 Å². The van der Waals surface area contributed by atoms with Gasteiger partial charge in [0.15, 0.2) is 6.23 Å². The number of allylic oxidation sites excluding steroid dienone is 4. The van der Waals surface area contributed by atoms with Gasteiger partial charge >= 0.3 is 7.82 Å². The van der Waals surface area contributed by atoms with Gasteiger partial charge in [-0.25, -0.2) is 9.55 Å². The maximum atomic E-state index is 14.3. The molecule has 9 rings (SSSR count). The maximum Gasteiger partial charge on any atom is 0.472 e. The fourth-order valence-corrected chi connectivity index (χ4v) is 16.9. The molecule has 16 atom stereocenters. The van der Waals surface area contributed by atoms with Crippen LogP contribution in [0.25, 0.3) is 11.0 Å². The maximum absolute atomic E-state index is 14.3. The molecule has 7 aliphatic heterocycles. The van der Waals surface area contributed by atoms with Crippen molar-refractivity contribution in [3.8, 4) is 0 Å². The number of hydrogen-bond donors (Lipinski definition) is 11. The number of primary amides is 5. The van der Waals surface area contributed by atoms with Gasteiger partial charge in [0.25, 0.3) is 0 Å². The fraction of sp³-hybridized carbons (Fsp3) is 0.623. The average Bonchev–Trinajstić information content (AvgIpc) is 1.56. The average molecular weight is 1260 g/mol. The lowest BCUT2D eigenvalue weighted by Crippen LogP contribution is -2.57. The van der Waals surface area contributed by atoms with E-state index in [2.05, 4.69) is 20.9 Å². The summed E-state index contributed by atoms with van der Waals surface area (Å²) in [6, 6.07) is 2.72. The number of aliphatic hydroxyl groups is 2. The third-order valence-corrected chi connectivity index (χ3v) is 21.8. The molecular weight excluding hydrogens is 1170 g/mol. The number of imidazole rings is 1. The molecule has 8 heterocycles. The van der Waals surface area contributed by atoms with Gasteiger partial charge in [-0.1, -0.05) is 20.8 Å². The highest BCUT2D eigenvalue weighted by molar-refractivity contribution is 7.47. The number of amides is 7. The van der Waals surface area contributed by atoms with E-state index in [4.69, 9.17) is 57.4 Å². The summed E-state index contributed by atoms with van der Waals surface area (Å²) in [7, 11) is -5.06. The number of phosphoric acid groups is 1. The Balaban J connectivity index is 1.09. The van der Waals surface area contributed by atoms with Gasteiger partial charge in [0.05, 0.1) is 58.6 Å². The summed E-state index contributed by atoms with van der Waals surface area (Å²) in [6.45, 7) is 17.2. The molecule has 7 amide bonds. The number of nitrogens with zero attached hydrogens (tertiary/aromatic N) is 5. The number of aliphatic hydroxyl groups excluding tert-OH is 2. The topological polar surface area (TPSA) is 446 Å². The number of carbonyl (C=O) groups is 7. The van der Waals surface area contributed by atoms with Gasteiger partial charge in [-0.05, 0) is 115 Å². The number of aromatic nitrogens is 2. The number of nitrogens with two attached hydrogens (primary N) is 5. The summed E-state index contributed by atoms with van der Waals surface area (Å²) in [5.41, 5.74) is 31.2. The van der Waals surface area contributed by atoms with Crippen LogP contribution in [0, 0.1) is 53.8 Å². The molecule has 3 saturated heterocycles. The van der Waals surface area contributed by atoms with Crippen LogP contribution in [0.5, 0.6) is 0 Å². The minimum absolute atomic E-state index is 0.00579. The number of hydrogen-bond acceptors (Lipinski definition) is 18. The molecule has 0 radical (unpaired) electrons. The minimum atomic E-state index is -5.06. The van der Waals surface area contributed by atoms with Gasteiger partial charge in [0, 0.05) is 114 Å². The van der Waals surface area contributed by atoms with Crippen molar-refractivity contribution in [2.24, 2.45) is 83.6 Å². The second kappa shape index (κ2) is 24.3. The number of benzene rings is 1. The summed E-state index contributed by atoms with van der Waals surface area (Å²) in [5, 5.41) is 31.4. The molecule has 484 valence electrons. The van der Waals surface area contributed by atoms with E-state index in [1.165, 1.54) is 13.3 Å². The van der Waals surface area contributed by atoms with E-state index in [0.29, 0.717) is 62.8 Å². The highest BCUT2D eigenvalue weighted by Crippen LogP contribution is 2.62. The molecule has 1 unspecified atom stereocenters. The van der Waals surface area contributed by atoms with Crippen LogP contribution in [-0.4, -0.2) is 138 Å². The van der Waals surface area contributed by atoms with Crippen molar-refractivity contribution in [3.63, 3.8) is 0 Å². The lowest BCUT2D eigenvalue weighted by atomic mass is 9.55. The van der Waals surface area contributed by atoms with Crippen LogP contribution in [0.15, 0.2) is 67.8 Å². The highest BCUT2D eigenvalue weighted by Gasteiger charge is 2.66. The molecule has 0 aliphatic carbocycles. The first-order valence-electron chi connectivity index (χ1n) is 30.3. The number of fused-ring (bicyclic) bond motifs is 10. The minimum Gasteiger partial charge on any atom is -0.394 e. The molecule has 0 spiro atoms. The van der Waals surface area contributed by atoms with Crippen LogP contribution in [-0.2, 0) is 51.9 Å². The van der Waals surface area contributed by atoms with E-state index in [1.54, 1.807) is 4.57 Å². The Morgan fingerprint density at radius 1 is 0.888 bits per heavy atom. The Labute approximate surface area is 516 Å². The first kappa shape index (κ1) is 66.4. The monoisotopic (exact) mass is 1260 g/mol. The fourth-order valence-electron chi connectivity index (χ4n) is 15.7. The van der Waals surface area contributed by atoms with Gasteiger partial charge in [-0.15, -0.1) is 0 Å². The molecule has 0 saturated carbocycles. The number of phosphoric ester groups is 1. The summed E-state index contributed by atoms with van der Waals surface area (Å²) < 4.78 is 32.3. The third-order valence-electron chi connectivity index (χ3n) is 20.7. The number of carbonyl (C=O) groups excluding carboxylic acids is 7. The van der Waals surface area contributed by atoms with E-state index >= 15 is 0 Å². The van der Waals surface area contributed by atoms with Crippen LogP contribution in [0.4, 0.5) is 0 Å². The standard InChI is InChI=1S/C61H86N13O14P/c1-28-19-38-39(20-29(28)2)74(27-68-38)56-51(83)52(40(26-75)86-56)88-89(84,85)87-30(3)25-67-47(81)17-18-57(6)36(21-44(64)78)55-61(10)59(8,24-46(66)80)34(12-15-43(63)77)50(73-61)32(5)54-58(7,23-45(65)79)33(11-14-42(62)76)37(69-54)22-41-60(9)35(13-16-48(82)72-60)49(70-41)31(4)53(57)71-55/h19-20,22,27,30,33-36,40,51-52,55-56,69,75,83H,11-18,21,23-26H2,1-10H3,(H2,62,76)(H2,63,77)(H2,64,78)(H2,65,79)(H2,66,80)(H,67,81)(H,72,82)(H,84,85)/b37-22-,49-31-,54-32?/t30-,33-,34-,35-,36+,40-,51-,52-,55-,56+,57-,58+,59+,60-,61+/m1/s1. The zero-order valence-electron chi connectivity index (χ0n) is 52.2. The number of aliphatic imine (C=N–C) groups is 3. The van der Waals surface area contributed by atoms with Gasteiger partial charge < -0.3 is 69.0 Å². The zero-order valence-corrected chi connectivity index (χ0v) is 53.1. The largest absolute Gasteiger partial charge is 0.472 e. The third kappa shape index (κ3) is 12.0. The molecule has 1 aromatic heterocycles. The Kier molecular flexibility index (Phi) is 18.1. The number of ether oxygens (including phenoxy) is 1. The van der Waals surface area contributed by atoms with Gasteiger partial charge in [0.2, 0.25) is 41.4 Å². The zero-order chi connectivity index (χ0) is 65.4. The van der Waals surface area contributed by atoms with E-state index in [1.807, 2.05) is 80.5 Å². The first-order chi connectivity index (χ1) is 41.5. The molecule has 3 fully saturated rings. The molecule has 28 heteroatoms. The van der Waals surface area contributed by atoms with E-state index in [0.717, 1.165) is 11.1 Å². The number of aryl methyl sites for hydroxylation is 2. The number of rotatable bonds is 23. The smallest absolute Gasteiger partial charge is 0.394 e. The summed E-state index contributed by atoms with van der Waals surface area (Å²) >= 11 is 0. The second-order valence-corrected chi connectivity index (χ2v) is 28.0. The van der Waals surface area contributed by atoms with Crippen LogP contribution < -0.4 is 44.6 Å². The van der Waals surface area contributed by atoms with Crippen LogP contribution >= 0.6 is 7.82 Å². The van der Waals surface area contributed by atoms with E-state index < -0.39 is 138 Å². The number of nitrogens with one attached hydrogen (secondary N) is 3. The van der Waals surface area contributed by atoms with E-state index in [9.17, 15) is 53.2 Å². The van der Waals surface area contributed by atoms with Crippen molar-refractivity contribution in [3.05, 3.63) is 63.9 Å². The molecule has 8 bridgehead atoms. The molecule has 16 N–H and O–H groups in total. The lowest BCUT2D eigenvalue weighted by molar-refractivity contribution is -0.125. The predicted octanol–water partition coefficient (Wildman–Crippen LogP) is 2.54. The van der Waals surface area contributed by atoms with Crippen LogP contribution in [0.2, 0.25) is 0 Å². The summed E-state index contributed by atoms with van der Waals surface area (Å²) in [4.78, 5) is 127. The van der Waals surface area contributed by atoms with Crippen molar-refractivity contribution < 1.29 is 67.0 Å². The quantitative estimate of drug-likeness (QED) is 0.0712. The van der Waals surface area contributed by atoms with Crippen molar-refractivity contribution in [2.75, 3.05) is 13.2 Å². The number of piperidine rings is 1. The van der Waals surface area contributed by atoms with Gasteiger partial charge in [-0.2, -0.15) is 0 Å². The van der Waals surface area contributed by atoms with E-state index in [-0.39, 0.29) is 76.7 Å². The predicted molar refractivity (Wildman–Crippen MR) is 327 cm³/mol. The highest BCUT2D eigenvalue weighted by atomic mass is 31.2. The van der Waals surface area contributed by atoms with Crippen molar-refractivity contribution in [2.45, 2.75) is 188 Å². The molecule has 2 aromatic rings. The van der Waals surface area contributed by atoms with Gasteiger partial charge in [0.1, 0.15) is 18.3 Å². The molecule has 7 aliphatic rings. The lowest BCUT2D eigenvalue weighted by Gasteiger charge is -2.48. The molecule has 1 aromatic carbocycles. The van der Waals surface area contributed by atoms with Crippen LogP contribution in [0.1, 0.15) is 143 Å². The SMILES string of the molecule is CC1=C2N/C(=C\C3=NC(=C(/C)C4=N[C@H]([C@H](CC(N)=O)[C@@]4(C)CCC(=O)NC[C@@H](C)OP(=O)(O)O[C@H]4[C@@H](O)[C@@H](n5cnc6cc(C)c(C)cc65)O[C@@H]4CO)[C@]4(C)N=C1[C@@H](CCC(N)=O)[C@]4(C)CC(N)=O)/[C@H]1CCC(=O)N[C@@]31C)[C@@H](CCC(N)=O)[C@]2(C)CC(N)=O. The molecular formula is C61H86N13O14P. The van der Waals surface area contributed by atoms with Crippen molar-refractivity contribution in [1.82, 2.24) is 25.5 Å². The normalized spacial score (nSPS) is 35.5. The van der Waals surface area contributed by atoms with Crippen molar-refractivity contribution >= 4 is 77.3 Å². The summed E-state index contributed by atoms with van der Waals surface area (Å²) in [6.07, 6.45) is -3.93.